The van der Waals surface area contributed by atoms with Crippen LogP contribution in [-0.4, -0.2) is 52.6 Å². The maximum absolute atomic E-state index is 14.4. The van der Waals surface area contributed by atoms with E-state index in [-0.39, 0.29) is 11.7 Å². The van der Waals surface area contributed by atoms with Gasteiger partial charge in [0.2, 0.25) is 0 Å². The van der Waals surface area contributed by atoms with Crippen LogP contribution in [0, 0.1) is 23.1 Å². The van der Waals surface area contributed by atoms with Crippen LogP contribution in [-0.2, 0) is 15.9 Å². The summed E-state index contributed by atoms with van der Waals surface area (Å²) in [6, 6.07) is 13.3. The van der Waals surface area contributed by atoms with Crippen molar-refractivity contribution in [2.45, 2.75) is 25.4 Å². The molecule has 164 valence electrons. The number of nitriles is 1. The third-order valence-corrected chi connectivity index (χ3v) is 6.29. The van der Waals surface area contributed by atoms with Crippen LogP contribution in [0.1, 0.15) is 24.0 Å². The summed E-state index contributed by atoms with van der Waals surface area (Å²) < 4.78 is 25.7. The summed E-state index contributed by atoms with van der Waals surface area (Å²) in [6.45, 7) is 5.17. The fraction of sp³-hybridized carbons (Fsp3) is 0.480. The van der Waals surface area contributed by atoms with Crippen LogP contribution in [0.4, 0.5) is 10.1 Å². The van der Waals surface area contributed by atoms with Crippen LogP contribution >= 0.6 is 0 Å². The first-order valence-electron chi connectivity index (χ1n) is 11.1. The standard InChI is InChI=1S/C25H30FN3O2/c1-30-17-18-6-9-29(10-7-18)25-5-2-19(12-22-16-28-8-11-31-22)13-23(25)20-3-4-21(15-27)24(26)14-20/h2-5,13-14,18,22,28H,6-12,16-17H2,1H3. The van der Waals surface area contributed by atoms with E-state index in [9.17, 15) is 4.39 Å². The average molecular weight is 424 g/mol. The number of methoxy groups -OCH3 is 1. The Morgan fingerprint density at radius 2 is 2.06 bits per heavy atom. The summed E-state index contributed by atoms with van der Waals surface area (Å²) in [5.41, 5.74) is 4.17. The van der Waals surface area contributed by atoms with E-state index >= 15 is 0 Å². The quantitative estimate of drug-likeness (QED) is 0.767. The molecule has 0 bridgehead atoms. The highest BCUT2D eigenvalue weighted by Gasteiger charge is 2.23. The molecule has 2 aliphatic rings. The third kappa shape index (κ3) is 5.24. The van der Waals surface area contributed by atoms with Gasteiger partial charge in [-0.15, -0.1) is 0 Å². The first-order chi connectivity index (χ1) is 15.2. The molecule has 0 saturated carbocycles. The van der Waals surface area contributed by atoms with Gasteiger partial charge < -0.3 is 19.7 Å². The molecule has 0 aromatic heterocycles. The van der Waals surface area contributed by atoms with E-state index in [0.717, 1.165) is 75.5 Å². The lowest BCUT2D eigenvalue weighted by molar-refractivity contribution is 0.0292. The molecule has 4 rings (SSSR count). The van der Waals surface area contributed by atoms with Crippen LogP contribution in [0.2, 0.25) is 0 Å². The molecule has 1 N–H and O–H groups in total. The largest absolute Gasteiger partial charge is 0.384 e. The van der Waals surface area contributed by atoms with E-state index in [2.05, 4.69) is 28.4 Å². The number of halogens is 1. The summed E-state index contributed by atoms with van der Waals surface area (Å²) in [5, 5.41) is 12.5. The maximum Gasteiger partial charge on any atom is 0.141 e. The van der Waals surface area contributed by atoms with Crippen molar-refractivity contribution >= 4 is 5.69 Å². The number of hydrogen-bond acceptors (Lipinski definition) is 5. The van der Waals surface area contributed by atoms with Crippen LogP contribution < -0.4 is 10.2 Å². The third-order valence-electron chi connectivity index (χ3n) is 6.29. The van der Waals surface area contributed by atoms with Gasteiger partial charge in [0.1, 0.15) is 11.9 Å². The van der Waals surface area contributed by atoms with Gasteiger partial charge in [-0.2, -0.15) is 5.26 Å². The molecule has 2 saturated heterocycles. The number of hydrogen-bond donors (Lipinski definition) is 1. The smallest absolute Gasteiger partial charge is 0.141 e. The second-order valence-corrected chi connectivity index (χ2v) is 8.44. The van der Waals surface area contributed by atoms with Gasteiger partial charge >= 0.3 is 0 Å². The summed E-state index contributed by atoms with van der Waals surface area (Å²) in [4.78, 5) is 2.39. The predicted octanol–water partition coefficient (Wildman–Crippen LogP) is 3.76. The van der Waals surface area contributed by atoms with Gasteiger partial charge in [-0.25, -0.2) is 4.39 Å². The van der Waals surface area contributed by atoms with Crippen LogP contribution in [0.3, 0.4) is 0 Å². The summed E-state index contributed by atoms with van der Waals surface area (Å²) in [5.74, 6) is 0.113. The Hall–Kier alpha value is -2.46. The van der Waals surface area contributed by atoms with E-state index in [1.165, 1.54) is 11.6 Å². The van der Waals surface area contributed by atoms with Gasteiger partial charge in [0.05, 0.1) is 18.3 Å². The minimum atomic E-state index is -0.477. The molecule has 0 radical (unpaired) electrons. The lowest BCUT2D eigenvalue weighted by atomic mass is 9.93. The van der Waals surface area contributed by atoms with Crippen molar-refractivity contribution in [2.24, 2.45) is 5.92 Å². The van der Waals surface area contributed by atoms with E-state index < -0.39 is 5.82 Å². The van der Waals surface area contributed by atoms with Crippen molar-refractivity contribution < 1.29 is 13.9 Å². The minimum absolute atomic E-state index is 0.0727. The molecule has 6 heteroatoms. The molecule has 5 nitrogen and oxygen atoms in total. The maximum atomic E-state index is 14.4. The first-order valence-corrected chi connectivity index (χ1v) is 11.1. The lowest BCUT2D eigenvalue weighted by Crippen LogP contribution is -2.39. The normalized spacial score (nSPS) is 19.9. The molecular formula is C25H30FN3O2. The number of anilines is 1. The predicted molar refractivity (Wildman–Crippen MR) is 120 cm³/mol. The number of piperidine rings is 1. The molecule has 31 heavy (non-hydrogen) atoms. The summed E-state index contributed by atoms with van der Waals surface area (Å²) in [7, 11) is 1.76. The molecule has 2 fully saturated rings. The summed E-state index contributed by atoms with van der Waals surface area (Å²) >= 11 is 0. The number of nitrogens with one attached hydrogen (secondary N) is 1. The van der Waals surface area contributed by atoms with Crippen LogP contribution in [0.15, 0.2) is 36.4 Å². The van der Waals surface area contributed by atoms with Crippen molar-refractivity contribution in [3.05, 3.63) is 53.3 Å². The molecule has 0 aliphatic carbocycles. The Morgan fingerprint density at radius 3 is 2.74 bits per heavy atom. The molecule has 0 amide bonds. The van der Waals surface area contributed by atoms with E-state index in [1.54, 1.807) is 13.2 Å². The van der Waals surface area contributed by atoms with Crippen molar-refractivity contribution in [3.8, 4) is 17.2 Å². The van der Waals surface area contributed by atoms with Gasteiger partial charge in [0.15, 0.2) is 0 Å². The first kappa shape index (κ1) is 21.8. The zero-order valence-electron chi connectivity index (χ0n) is 18.1. The van der Waals surface area contributed by atoms with Crippen molar-refractivity contribution in [1.82, 2.24) is 5.32 Å². The number of morpholine rings is 1. The molecule has 2 aliphatic heterocycles. The lowest BCUT2D eigenvalue weighted by Gasteiger charge is -2.35. The molecule has 2 aromatic carbocycles. The summed E-state index contributed by atoms with van der Waals surface area (Å²) in [6.07, 6.45) is 3.13. The molecule has 0 spiro atoms. The zero-order chi connectivity index (χ0) is 21.6. The topological polar surface area (TPSA) is 57.5 Å². The Bertz CT molecular complexity index is 929. The molecule has 1 atom stereocenters. The van der Waals surface area contributed by atoms with Crippen LogP contribution in [0.5, 0.6) is 0 Å². The van der Waals surface area contributed by atoms with E-state index in [0.29, 0.717) is 5.92 Å². The molecule has 2 heterocycles. The van der Waals surface area contributed by atoms with Gasteiger partial charge in [0.25, 0.3) is 0 Å². The number of ether oxygens (including phenoxy) is 2. The Labute approximate surface area is 183 Å². The number of nitrogens with zero attached hydrogens (tertiary/aromatic N) is 2. The Kier molecular flexibility index (Phi) is 7.18. The number of rotatable bonds is 6. The van der Waals surface area contributed by atoms with Crippen molar-refractivity contribution in [3.63, 3.8) is 0 Å². The highest BCUT2D eigenvalue weighted by molar-refractivity contribution is 5.80. The second kappa shape index (κ2) is 10.2. The van der Waals surface area contributed by atoms with Gasteiger partial charge in [-0.1, -0.05) is 12.1 Å². The monoisotopic (exact) mass is 423 g/mol. The van der Waals surface area contributed by atoms with Gasteiger partial charge in [-0.05, 0) is 60.6 Å². The second-order valence-electron chi connectivity index (χ2n) is 8.44. The number of benzene rings is 2. The average Bonchev–Trinajstić information content (AvgIpc) is 2.80. The zero-order valence-corrected chi connectivity index (χ0v) is 18.1. The molecular weight excluding hydrogens is 393 g/mol. The SMILES string of the molecule is COCC1CCN(c2ccc(CC3CNCCO3)cc2-c2ccc(C#N)c(F)c2)CC1. The van der Waals surface area contributed by atoms with E-state index in [4.69, 9.17) is 14.7 Å². The fourth-order valence-electron chi connectivity index (χ4n) is 4.58. The fourth-order valence-corrected chi connectivity index (χ4v) is 4.58. The molecule has 1 unspecified atom stereocenters. The Morgan fingerprint density at radius 1 is 1.23 bits per heavy atom. The van der Waals surface area contributed by atoms with Crippen LogP contribution in [0.25, 0.3) is 11.1 Å². The minimum Gasteiger partial charge on any atom is -0.384 e. The molecule has 2 aromatic rings. The van der Waals surface area contributed by atoms with Gasteiger partial charge in [-0.3, -0.25) is 0 Å². The van der Waals surface area contributed by atoms with Crippen molar-refractivity contribution in [1.29, 1.82) is 5.26 Å². The highest BCUT2D eigenvalue weighted by atomic mass is 19.1. The van der Waals surface area contributed by atoms with Crippen molar-refractivity contribution in [2.75, 3.05) is 51.4 Å². The Balaban J connectivity index is 1.63. The van der Waals surface area contributed by atoms with Gasteiger partial charge in [0, 0.05) is 51.1 Å². The highest BCUT2D eigenvalue weighted by Crippen LogP contribution is 2.35. The van der Waals surface area contributed by atoms with E-state index in [1.807, 2.05) is 12.1 Å².